The third-order valence-corrected chi connectivity index (χ3v) is 6.68. The molecule has 160 valence electrons. The van der Waals surface area contributed by atoms with Gasteiger partial charge < -0.3 is 0 Å². The highest BCUT2D eigenvalue weighted by Gasteiger charge is 2.33. The SMILES string of the molecule is CC[C@@H]1N=C(c2ccc(Cl)cc2)c2c(sc(C#Cc3cccnc3)c2C)N(C(C)=N)C1=N. The van der Waals surface area contributed by atoms with Gasteiger partial charge in [-0.25, -0.2) is 0 Å². The molecule has 3 aromatic rings. The van der Waals surface area contributed by atoms with E-state index in [9.17, 15) is 0 Å². The van der Waals surface area contributed by atoms with Gasteiger partial charge in [0.15, 0.2) is 0 Å². The first kappa shape index (κ1) is 21.9. The molecule has 0 radical (unpaired) electrons. The summed E-state index contributed by atoms with van der Waals surface area (Å²) in [7, 11) is 0. The lowest BCUT2D eigenvalue weighted by atomic mass is 9.99. The van der Waals surface area contributed by atoms with Crippen molar-refractivity contribution in [1.82, 2.24) is 4.98 Å². The fourth-order valence-corrected chi connectivity index (χ4v) is 4.96. The van der Waals surface area contributed by atoms with E-state index < -0.39 is 0 Å². The Morgan fingerprint density at radius 2 is 1.97 bits per heavy atom. The Balaban J connectivity index is 1.95. The maximum absolute atomic E-state index is 8.83. The molecule has 3 heterocycles. The molecule has 0 fully saturated rings. The van der Waals surface area contributed by atoms with Crippen molar-refractivity contribution in [3.05, 3.63) is 80.9 Å². The van der Waals surface area contributed by atoms with Crippen LogP contribution in [0.5, 0.6) is 0 Å². The Morgan fingerprint density at radius 1 is 1.22 bits per heavy atom. The second kappa shape index (κ2) is 9.07. The highest BCUT2D eigenvalue weighted by atomic mass is 35.5. The number of aromatic nitrogens is 1. The van der Waals surface area contributed by atoms with E-state index in [4.69, 9.17) is 27.4 Å². The van der Waals surface area contributed by atoms with Crippen LogP contribution < -0.4 is 4.90 Å². The lowest BCUT2D eigenvalue weighted by Crippen LogP contribution is -2.39. The number of aliphatic imine (C=N–C) groups is 1. The summed E-state index contributed by atoms with van der Waals surface area (Å²) in [6.07, 6.45) is 4.12. The average Bonchev–Trinajstić information content (AvgIpc) is 3.03. The summed E-state index contributed by atoms with van der Waals surface area (Å²) in [6, 6.07) is 11.0. The van der Waals surface area contributed by atoms with Crippen LogP contribution in [0.1, 0.15) is 47.4 Å². The minimum absolute atomic E-state index is 0.287. The van der Waals surface area contributed by atoms with Crippen molar-refractivity contribution in [2.45, 2.75) is 33.2 Å². The molecule has 32 heavy (non-hydrogen) atoms. The second-order valence-electron chi connectivity index (χ2n) is 7.44. The van der Waals surface area contributed by atoms with Crippen molar-refractivity contribution >= 4 is 45.3 Å². The van der Waals surface area contributed by atoms with Gasteiger partial charge in [0.1, 0.15) is 22.7 Å². The van der Waals surface area contributed by atoms with Gasteiger partial charge in [0.25, 0.3) is 0 Å². The minimum atomic E-state index is -0.343. The number of thiophene rings is 1. The molecule has 5 nitrogen and oxygen atoms in total. The molecule has 0 amide bonds. The van der Waals surface area contributed by atoms with Gasteiger partial charge in [-0.15, -0.1) is 11.3 Å². The molecule has 4 rings (SSSR count). The van der Waals surface area contributed by atoms with E-state index in [0.717, 1.165) is 37.8 Å². The average molecular weight is 460 g/mol. The molecule has 7 heteroatoms. The van der Waals surface area contributed by atoms with Gasteiger partial charge in [0.05, 0.1) is 10.6 Å². The highest BCUT2D eigenvalue weighted by molar-refractivity contribution is 7.17. The standard InChI is InChI=1S/C25H22ClN5S/c1-4-20-24(28)31(16(3)27)25-22(23(30-20)18-8-10-19(26)11-9-18)15(2)21(32-25)12-7-17-6-5-13-29-14-17/h5-6,8-11,13-14,20,27-28H,4H2,1-3H3/t20-/m0/s1. The number of pyridine rings is 1. The van der Waals surface area contributed by atoms with Gasteiger partial charge in [0.2, 0.25) is 0 Å². The van der Waals surface area contributed by atoms with Crippen molar-refractivity contribution < 1.29 is 0 Å². The maximum Gasteiger partial charge on any atom is 0.132 e. The van der Waals surface area contributed by atoms with Crippen LogP contribution in [0, 0.1) is 29.6 Å². The van der Waals surface area contributed by atoms with Crippen LogP contribution in [0.25, 0.3) is 0 Å². The lowest BCUT2D eigenvalue weighted by molar-refractivity contribution is 0.810. The number of nitrogens with one attached hydrogen (secondary N) is 2. The highest BCUT2D eigenvalue weighted by Crippen LogP contribution is 2.40. The number of halogens is 1. The van der Waals surface area contributed by atoms with Gasteiger partial charge in [-0.3, -0.25) is 25.7 Å². The van der Waals surface area contributed by atoms with Crippen LogP contribution in [0.4, 0.5) is 5.00 Å². The smallest absolute Gasteiger partial charge is 0.132 e. The van der Waals surface area contributed by atoms with Crippen LogP contribution >= 0.6 is 22.9 Å². The quantitative estimate of drug-likeness (QED) is 0.283. The predicted octanol–water partition coefficient (Wildman–Crippen LogP) is 5.92. The van der Waals surface area contributed by atoms with Gasteiger partial charge in [-0.1, -0.05) is 42.5 Å². The van der Waals surface area contributed by atoms with Crippen LogP contribution in [0.3, 0.4) is 0 Å². The van der Waals surface area contributed by atoms with Crippen molar-refractivity contribution in [1.29, 1.82) is 10.8 Å². The van der Waals surface area contributed by atoms with Crippen molar-refractivity contribution in [2.75, 3.05) is 4.90 Å². The molecule has 1 aliphatic rings. The first-order valence-corrected chi connectivity index (χ1v) is 11.4. The normalized spacial score (nSPS) is 15.4. The molecule has 0 bridgehead atoms. The van der Waals surface area contributed by atoms with E-state index in [-0.39, 0.29) is 11.9 Å². The summed E-state index contributed by atoms with van der Waals surface area (Å²) in [5, 5.41) is 18.7. The Hall–Kier alpha value is -3.27. The number of rotatable bonds is 2. The number of nitrogens with zero attached hydrogens (tertiary/aromatic N) is 3. The van der Waals surface area contributed by atoms with Gasteiger partial charge >= 0.3 is 0 Å². The topological polar surface area (TPSA) is 76.2 Å². The monoisotopic (exact) mass is 459 g/mol. The van der Waals surface area contributed by atoms with Gasteiger partial charge in [-0.05, 0) is 50.1 Å². The zero-order valence-electron chi connectivity index (χ0n) is 18.0. The van der Waals surface area contributed by atoms with E-state index >= 15 is 0 Å². The number of amidine groups is 2. The molecule has 0 saturated heterocycles. The fourth-order valence-electron chi connectivity index (χ4n) is 3.60. The fraction of sp³-hybridized carbons (Fsp3) is 0.200. The van der Waals surface area contributed by atoms with Crippen LogP contribution in [-0.2, 0) is 0 Å². The summed E-state index contributed by atoms with van der Waals surface area (Å²) in [5.41, 5.74) is 4.48. The van der Waals surface area contributed by atoms with Crippen molar-refractivity contribution in [3.63, 3.8) is 0 Å². The summed E-state index contributed by atoms with van der Waals surface area (Å²) in [4.78, 5) is 11.7. The van der Waals surface area contributed by atoms with Crippen molar-refractivity contribution in [2.24, 2.45) is 4.99 Å². The molecule has 0 spiro atoms. The molecular weight excluding hydrogens is 438 g/mol. The number of hydrogen-bond donors (Lipinski definition) is 2. The lowest BCUT2D eigenvalue weighted by Gasteiger charge is -2.24. The molecule has 1 aliphatic heterocycles. The Kier molecular flexibility index (Phi) is 6.22. The van der Waals surface area contributed by atoms with Crippen LogP contribution in [-0.4, -0.2) is 28.4 Å². The molecule has 1 atom stereocenters. The first-order chi connectivity index (χ1) is 15.4. The number of hydrogen-bond acceptors (Lipinski definition) is 5. The van der Waals surface area contributed by atoms with Crippen LogP contribution in [0.15, 0.2) is 53.8 Å². The maximum atomic E-state index is 8.83. The zero-order valence-corrected chi connectivity index (χ0v) is 19.6. The third-order valence-electron chi connectivity index (χ3n) is 5.23. The van der Waals surface area contributed by atoms with E-state index in [0.29, 0.717) is 17.3 Å². The van der Waals surface area contributed by atoms with Gasteiger partial charge in [0, 0.05) is 34.1 Å². The summed E-state index contributed by atoms with van der Waals surface area (Å²) in [6.45, 7) is 5.74. The van der Waals surface area contributed by atoms with E-state index in [2.05, 4.69) is 16.8 Å². The largest absolute Gasteiger partial charge is 0.288 e. The zero-order chi connectivity index (χ0) is 22.8. The van der Waals surface area contributed by atoms with E-state index in [1.807, 2.05) is 50.2 Å². The van der Waals surface area contributed by atoms with E-state index in [1.54, 1.807) is 24.2 Å². The molecule has 2 N–H and O–H groups in total. The third kappa shape index (κ3) is 4.10. The molecule has 1 aromatic carbocycles. The van der Waals surface area contributed by atoms with Crippen molar-refractivity contribution in [3.8, 4) is 11.8 Å². The molecule has 0 unspecified atom stereocenters. The Labute approximate surface area is 196 Å². The molecular formula is C25H22ClN5S. The summed E-state index contributed by atoms with van der Waals surface area (Å²) in [5.74, 6) is 7.04. The molecule has 0 aliphatic carbocycles. The summed E-state index contributed by atoms with van der Waals surface area (Å²) < 4.78 is 0. The van der Waals surface area contributed by atoms with Gasteiger partial charge in [-0.2, -0.15) is 0 Å². The molecule has 2 aromatic heterocycles. The Morgan fingerprint density at radius 3 is 2.59 bits per heavy atom. The number of anilines is 1. The Bertz CT molecular complexity index is 1280. The number of benzene rings is 1. The predicted molar refractivity (Wildman–Crippen MR) is 134 cm³/mol. The minimum Gasteiger partial charge on any atom is -0.288 e. The number of fused-ring (bicyclic) bond motifs is 1. The first-order valence-electron chi connectivity index (χ1n) is 10.2. The summed E-state index contributed by atoms with van der Waals surface area (Å²) >= 11 is 7.62. The molecule has 0 saturated carbocycles. The second-order valence-corrected chi connectivity index (χ2v) is 8.88. The van der Waals surface area contributed by atoms with E-state index in [1.165, 1.54) is 11.3 Å². The van der Waals surface area contributed by atoms with Crippen LogP contribution in [0.2, 0.25) is 5.02 Å².